The van der Waals surface area contributed by atoms with Gasteiger partial charge in [0.1, 0.15) is 63.2 Å². The van der Waals surface area contributed by atoms with E-state index >= 15 is 0 Å². The quantitative estimate of drug-likeness (QED) is 0.0381. The molecule has 0 spiro atoms. The zero-order chi connectivity index (χ0) is 81.8. The van der Waals surface area contributed by atoms with Crippen LogP contribution in [0.1, 0.15) is 90.8 Å². The number of phenolic OH excluding ortho intramolecular Hbond substituents is 4. The molecule has 0 atom stereocenters. The fourth-order valence-electron chi connectivity index (χ4n) is 10.3. The van der Waals surface area contributed by atoms with Gasteiger partial charge in [-0.05, 0) is 199 Å². The topological polar surface area (TPSA) is 184 Å². The van der Waals surface area contributed by atoms with Crippen LogP contribution in [-0.4, -0.2) is 96.6 Å². The zero-order valence-electron chi connectivity index (χ0n) is 70.5. The minimum absolute atomic E-state index is 0. The van der Waals surface area contributed by atoms with Crippen molar-refractivity contribution < 1.29 is 134 Å². The van der Waals surface area contributed by atoms with Crippen LogP contribution in [0.2, 0.25) is 0 Å². The number of para-hydroxylation sites is 5. The fourth-order valence-corrected chi connectivity index (χ4v) is 10.3. The maximum Gasteiger partial charge on any atom is 0.160 e. The van der Waals surface area contributed by atoms with E-state index in [2.05, 4.69) is 109 Å². The number of aryl methyl sites for hydroxylation is 2. The maximum absolute atomic E-state index is 10.0. The zero-order valence-corrected chi connectivity index (χ0v) is 76.2. The Kier molecular flexibility index (Phi) is 59.6. The first-order valence-electron chi connectivity index (χ1n) is 35.9. The average Bonchev–Trinajstić information content (AvgIpc) is 0.793. The number of methoxy groups -OCH3 is 9. The molecule has 14 nitrogen and oxygen atoms in total. The van der Waals surface area contributed by atoms with Gasteiger partial charge in [-0.25, -0.2) is 0 Å². The molecule has 0 aliphatic rings. The first-order chi connectivity index (χ1) is 53.5. The van der Waals surface area contributed by atoms with Crippen molar-refractivity contribution in [3.63, 3.8) is 0 Å². The Balaban J connectivity index is -0.00000126. The SMILES string of the molecule is C.C=CCc1cc(C(C)(C)c2ccc(OC)c(CC=C)c2)ccc1O.CO.COc1ccc(C(C)(C)c2ccc(C)cc2)cc1.COc1ccc(C)cc1.COc1ccc(Cc2ccc(O)cc2)cc1.COc1cccc(O)c1.COc1ccccc1.COc1ccccc1.COc1ccccc1.COc1ccccc1O.[CH3-].[CH3-].[Y].[Y]. The van der Waals surface area contributed by atoms with Gasteiger partial charge in [-0.15, -0.1) is 13.2 Å². The first-order valence-corrected chi connectivity index (χ1v) is 35.9. The molecule has 0 saturated heterocycles. The summed E-state index contributed by atoms with van der Waals surface area (Å²) in [5.74, 6) is 8.52. The molecule has 12 rings (SSSR count). The van der Waals surface area contributed by atoms with Gasteiger partial charge in [0.2, 0.25) is 0 Å². The molecular weight excluding hydrogens is 1600 g/mol. The number of benzene rings is 12. The van der Waals surface area contributed by atoms with Crippen LogP contribution in [-0.2, 0) is 95.5 Å². The van der Waals surface area contributed by atoms with E-state index in [9.17, 15) is 10.2 Å². The summed E-state index contributed by atoms with van der Waals surface area (Å²) < 4.78 is 45.1. The molecule has 116 heavy (non-hydrogen) atoms. The second-order valence-electron chi connectivity index (χ2n) is 25.3. The number of rotatable bonds is 19. The van der Waals surface area contributed by atoms with Crippen LogP contribution in [0.4, 0.5) is 0 Å². The third-order valence-corrected chi connectivity index (χ3v) is 17.0. The molecule has 5 N–H and O–H groups in total. The van der Waals surface area contributed by atoms with E-state index in [0.717, 1.165) is 76.9 Å². The molecule has 0 fully saturated rings. The van der Waals surface area contributed by atoms with Crippen LogP contribution in [0.15, 0.2) is 323 Å². The van der Waals surface area contributed by atoms with Crippen LogP contribution in [0, 0.1) is 28.7 Å². The van der Waals surface area contributed by atoms with Gasteiger partial charge in [0.25, 0.3) is 0 Å². The summed E-state index contributed by atoms with van der Waals surface area (Å²) in [6.07, 6.45) is 5.98. The van der Waals surface area contributed by atoms with Crippen molar-refractivity contribution >= 4 is 0 Å². The molecule has 0 unspecified atom stereocenters. The standard InChI is InChI=1S/C22H26O2.C17H20O.C14H14O2.C8H10O.2C7H8O2.3C7H8O.CH4O.CH4.2CH3.2Y/c1-6-8-16-14-18(10-12-20(16)23)22(3,4)19-11-13-21(24-5)17(15-19)9-7-2;1-13-5-7-14(8-6-13)17(2,3)15-9-11-16(18-4)12-10-15;1-16-14-8-4-12(5-9-14)10-11-2-6-13(15)7-3-11;1-7-3-5-8(9-2)6-4-7;1-9-7-4-2-3-6(8)5-7;1-9-7-5-3-2-4-6(7)8;3*1-8-7-5-3-2-4-6-7;1-2;;;;;/h6-7,10-15,23H,1-2,8-9H2,3-5H3;5-12H,1-4H3;2-9,15H,10H2,1H3;3-6H,1-2H3;2*2-5,8H,1H3;3*2-6H,1H3;2H,1H3;1H4;2*1H3;;/q;;;;;;;;;;;2*-1;;. The monoisotopic (exact) mass is 1730 g/mol. The van der Waals surface area contributed by atoms with Crippen molar-refractivity contribution in [3.8, 4) is 74.7 Å². The molecule has 16 heteroatoms. The van der Waals surface area contributed by atoms with Crippen LogP contribution >= 0.6 is 0 Å². The van der Waals surface area contributed by atoms with E-state index in [4.69, 9.17) is 58.0 Å². The van der Waals surface area contributed by atoms with Gasteiger partial charge in [0.15, 0.2) is 11.5 Å². The van der Waals surface area contributed by atoms with E-state index in [1.807, 2.05) is 182 Å². The van der Waals surface area contributed by atoms with Gasteiger partial charge < -0.3 is 83.0 Å². The molecular formula is C100H124O14Y2-2. The molecule has 0 aliphatic carbocycles. The van der Waals surface area contributed by atoms with Gasteiger partial charge in [-0.1, -0.05) is 228 Å². The van der Waals surface area contributed by atoms with Gasteiger partial charge >= 0.3 is 0 Å². The molecule has 0 bridgehead atoms. The fraction of sp³-hybridized carbons (Fsp3) is 0.220. The molecule has 12 aromatic carbocycles. The Bertz CT molecular complexity index is 4360. The van der Waals surface area contributed by atoms with Gasteiger partial charge in [0, 0.05) is 89.4 Å². The molecule has 0 saturated carbocycles. The molecule has 0 aromatic heterocycles. The average molecular weight is 1730 g/mol. The van der Waals surface area contributed by atoms with Crippen LogP contribution in [0.3, 0.4) is 0 Å². The number of aromatic hydroxyl groups is 4. The number of aliphatic hydroxyl groups excluding tert-OH is 1. The first kappa shape index (κ1) is 110. The Hall–Kier alpha value is -10.3. The third kappa shape index (κ3) is 41.3. The molecule has 2 radical (unpaired) electrons. The number of ether oxygens (including phenoxy) is 9. The van der Waals surface area contributed by atoms with E-state index in [1.54, 1.807) is 130 Å². The Labute approximate surface area is 745 Å². The van der Waals surface area contributed by atoms with E-state index < -0.39 is 0 Å². The summed E-state index contributed by atoms with van der Waals surface area (Å²) in [5.41, 5.74) is 11.8. The number of phenols is 4. The van der Waals surface area contributed by atoms with Crippen molar-refractivity contribution in [1.29, 1.82) is 0 Å². The number of aliphatic hydroxyl groups is 1. The van der Waals surface area contributed by atoms with E-state index in [-0.39, 0.29) is 110 Å². The summed E-state index contributed by atoms with van der Waals surface area (Å²) in [7, 11) is 15.8. The number of allylic oxidation sites excluding steroid dienone is 2. The van der Waals surface area contributed by atoms with Crippen molar-refractivity contribution in [1.82, 2.24) is 0 Å². The van der Waals surface area contributed by atoms with Crippen molar-refractivity contribution in [2.24, 2.45) is 0 Å². The van der Waals surface area contributed by atoms with Crippen molar-refractivity contribution in [3.05, 3.63) is 393 Å². The summed E-state index contributed by atoms with van der Waals surface area (Å²) in [6.45, 7) is 20.6. The largest absolute Gasteiger partial charge is 0.508 e. The van der Waals surface area contributed by atoms with Crippen molar-refractivity contribution in [2.75, 3.05) is 71.1 Å². The van der Waals surface area contributed by atoms with Crippen LogP contribution in [0.25, 0.3) is 0 Å². The second kappa shape index (κ2) is 63.0. The number of hydrogen-bond acceptors (Lipinski definition) is 14. The Morgan fingerprint density at radius 3 is 0.966 bits per heavy atom. The van der Waals surface area contributed by atoms with Crippen LogP contribution < -0.4 is 42.6 Å². The molecule has 616 valence electrons. The van der Waals surface area contributed by atoms with E-state index in [1.165, 1.54) is 46.1 Å². The van der Waals surface area contributed by atoms with Crippen molar-refractivity contribution in [2.45, 2.75) is 79.1 Å². The normalized spacial score (nSPS) is 9.39. The third-order valence-electron chi connectivity index (χ3n) is 17.0. The molecule has 0 aliphatic heterocycles. The predicted molar refractivity (Wildman–Crippen MR) is 475 cm³/mol. The molecule has 0 heterocycles. The second-order valence-corrected chi connectivity index (χ2v) is 25.3. The summed E-state index contributed by atoms with van der Waals surface area (Å²) in [6, 6.07) is 95.0. The Morgan fingerprint density at radius 2 is 0.603 bits per heavy atom. The maximum atomic E-state index is 10.0. The summed E-state index contributed by atoms with van der Waals surface area (Å²) in [4.78, 5) is 0. The predicted octanol–water partition coefficient (Wildman–Crippen LogP) is 23.5. The Morgan fingerprint density at radius 1 is 0.293 bits per heavy atom. The van der Waals surface area contributed by atoms with E-state index in [0.29, 0.717) is 29.4 Å². The summed E-state index contributed by atoms with van der Waals surface area (Å²) in [5, 5.41) is 44.0. The summed E-state index contributed by atoms with van der Waals surface area (Å²) >= 11 is 0. The molecule has 12 aromatic rings. The van der Waals surface area contributed by atoms with Gasteiger partial charge in [-0.3, -0.25) is 0 Å². The minimum atomic E-state index is -0.189. The number of hydrogen-bond donors (Lipinski definition) is 5. The van der Waals surface area contributed by atoms with Gasteiger partial charge in [0.05, 0.1) is 64.0 Å². The van der Waals surface area contributed by atoms with Gasteiger partial charge in [-0.2, -0.15) is 0 Å². The molecule has 0 amide bonds. The minimum Gasteiger partial charge on any atom is -0.508 e. The smallest absolute Gasteiger partial charge is 0.160 e. The van der Waals surface area contributed by atoms with Crippen LogP contribution in [0.5, 0.6) is 74.7 Å².